The molecule has 1 saturated heterocycles. The first-order valence-corrected chi connectivity index (χ1v) is 7.82. The molecule has 0 bridgehead atoms. The molecule has 2 aromatic carbocycles. The fraction of sp³-hybridized carbons (Fsp3) is 0.222. The van der Waals surface area contributed by atoms with E-state index in [1.54, 1.807) is 17.0 Å². The zero-order chi connectivity index (χ0) is 16.5. The highest BCUT2D eigenvalue weighted by atomic mass is 19.1. The number of carbonyl (C=O) groups excluding carboxylic acids is 1. The van der Waals surface area contributed by atoms with Crippen LogP contribution in [-0.2, 0) is 4.74 Å². The number of ether oxygens (including phenoxy) is 1. The minimum atomic E-state index is -0.287. The molecular formula is C18H16FN3O2. The Morgan fingerprint density at radius 2 is 2.00 bits per heavy atom. The number of halogens is 1. The monoisotopic (exact) mass is 325 g/mol. The number of hydrogen-bond acceptors (Lipinski definition) is 3. The van der Waals surface area contributed by atoms with Crippen molar-refractivity contribution in [1.82, 2.24) is 14.9 Å². The normalized spacial score (nSPS) is 18.0. The van der Waals surface area contributed by atoms with Crippen LogP contribution in [0.1, 0.15) is 22.3 Å². The van der Waals surface area contributed by atoms with E-state index in [0.29, 0.717) is 25.5 Å². The lowest BCUT2D eigenvalue weighted by Crippen LogP contribution is -2.42. The number of rotatable bonds is 2. The van der Waals surface area contributed by atoms with Gasteiger partial charge in [-0.25, -0.2) is 9.37 Å². The van der Waals surface area contributed by atoms with Crippen LogP contribution in [-0.4, -0.2) is 40.5 Å². The van der Waals surface area contributed by atoms with Crippen molar-refractivity contribution in [3.8, 4) is 0 Å². The fourth-order valence-corrected chi connectivity index (χ4v) is 2.92. The summed E-state index contributed by atoms with van der Waals surface area (Å²) in [5.41, 5.74) is 2.46. The van der Waals surface area contributed by atoms with Gasteiger partial charge in [0.25, 0.3) is 5.91 Å². The third kappa shape index (κ3) is 2.76. The molecule has 24 heavy (non-hydrogen) atoms. The van der Waals surface area contributed by atoms with E-state index >= 15 is 0 Å². The van der Waals surface area contributed by atoms with Crippen LogP contribution in [0.2, 0.25) is 0 Å². The fourth-order valence-electron chi connectivity index (χ4n) is 2.92. The van der Waals surface area contributed by atoms with E-state index < -0.39 is 0 Å². The lowest BCUT2D eigenvalue weighted by atomic mass is 10.1. The topological polar surface area (TPSA) is 58.2 Å². The predicted octanol–water partition coefficient (Wildman–Crippen LogP) is 2.92. The summed E-state index contributed by atoms with van der Waals surface area (Å²) in [5, 5.41) is 0. The summed E-state index contributed by atoms with van der Waals surface area (Å²) in [5.74, 6) is -0.109. The highest BCUT2D eigenvalue weighted by molar-refractivity contribution is 5.94. The average molecular weight is 325 g/mol. The highest BCUT2D eigenvalue weighted by Crippen LogP contribution is 2.23. The van der Waals surface area contributed by atoms with Crippen LogP contribution >= 0.6 is 0 Å². The van der Waals surface area contributed by atoms with Gasteiger partial charge in [-0.2, -0.15) is 0 Å². The number of morpholine rings is 1. The van der Waals surface area contributed by atoms with E-state index in [-0.39, 0.29) is 17.8 Å². The molecule has 0 aliphatic carbocycles. The van der Waals surface area contributed by atoms with E-state index in [0.717, 1.165) is 16.6 Å². The highest BCUT2D eigenvalue weighted by Gasteiger charge is 2.27. The maximum absolute atomic E-state index is 13.1. The second-order valence-electron chi connectivity index (χ2n) is 5.76. The molecular weight excluding hydrogens is 309 g/mol. The van der Waals surface area contributed by atoms with Crippen molar-refractivity contribution in [3.05, 3.63) is 65.7 Å². The van der Waals surface area contributed by atoms with Gasteiger partial charge >= 0.3 is 0 Å². The van der Waals surface area contributed by atoms with Crippen LogP contribution in [0.25, 0.3) is 11.0 Å². The maximum atomic E-state index is 13.1. The summed E-state index contributed by atoms with van der Waals surface area (Å²) in [4.78, 5) is 21.9. The Kier molecular flexibility index (Phi) is 3.74. The molecule has 1 atom stereocenters. The Bertz CT molecular complexity index is 842. The standard InChI is InChI=1S/C18H16FN3O2/c19-13-7-5-12(6-8-13)16-11-22(9-10-24-16)18(23)17-20-14-3-1-2-4-15(14)21-17/h1-8,16H,9-11H2,(H,20,21)/t16-/m0/s1. The van der Waals surface area contributed by atoms with E-state index in [1.807, 2.05) is 24.3 Å². The Labute approximate surface area is 138 Å². The lowest BCUT2D eigenvalue weighted by molar-refractivity contribution is -0.0232. The number of imidazole rings is 1. The molecule has 5 nitrogen and oxygen atoms in total. The van der Waals surface area contributed by atoms with Gasteiger partial charge in [0, 0.05) is 6.54 Å². The first-order chi connectivity index (χ1) is 11.7. The molecule has 0 radical (unpaired) electrons. The Morgan fingerprint density at radius 1 is 1.21 bits per heavy atom. The van der Waals surface area contributed by atoms with Gasteiger partial charge in [-0.1, -0.05) is 24.3 Å². The second kappa shape index (κ2) is 6.05. The summed E-state index contributed by atoms with van der Waals surface area (Å²) >= 11 is 0. The number of nitrogens with zero attached hydrogens (tertiary/aromatic N) is 2. The smallest absolute Gasteiger partial charge is 0.289 e. The van der Waals surface area contributed by atoms with Gasteiger partial charge in [0.2, 0.25) is 0 Å². The summed E-state index contributed by atoms with van der Waals surface area (Å²) in [6.07, 6.45) is -0.257. The molecule has 1 amide bonds. The number of aromatic amines is 1. The van der Waals surface area contributed by atoms with Gasteiger partial charge in [0.15, 0.2) is 5.82 Å². The number of amides is 1. The summed E-state index contributed by atoms with van der Waals surface area (Å²) in [6.45, 7) is 1.36. The third-order valence-electron chi connectivity index (χ3n) is 4.19. The first kappa shape index (κ1) is 14.8. The molecule has 1 N–H and O–H groups in total. The summed E-state index contributed by atoms with van der Waals surface area (Å²) < 4.78 is 18.8. The zero-order valence-corrected chi connectivity index (χ0v) is 12.9. The number of para-hydroxylation sites is 2. The molecule has 6 heteroatoms. The molecule has 3 aromatic rings. The lowest BCUT2D eigenvalue weighted by Gasteiger charge is -2.32. The largest absolute Gasteiger partial charge is 0.370 e. The minimum absolute atomic E-state index is 0.151. The second-order valence-corrected chi connectivity index (χ2v) is 5.76. The van der Waals surface area contributed by atoms with E-state index in [9.17, 15) is 9.18 Å². The molecule has 0 spiro atoms. The Morgan fingerprint density at radius 3 is 2.79 bits per heavy atom. The molecule has 4 rings (SSSR count). The molecule has 1 fully saturated rings. The molecule has 0 saturated carbocycles. The van der Waals surface area contributed by atoms with Crippen molar-refractivity contribution in [2.45, 2.75) is 6.10 Å². The number of aromatic nitrogens is 2. The number of carbonyl (C=O) groups is 1. The van der Waals surface area contributed by atoms with E-state index in [1.165, 1.54) is 12.1 Å². The van der Waals surface area contributed by atoms with Gasteiger partial charge < -0.3 is 14.6 Å². The van der Waals surface area contributed by atoms with Gasteiger partial charge in [0.05, 0.1) is 24.2 Å². The Hall–Kier alpha value is -2.73. The molecule has 1 aliphatic rings. The number of H-pyrrole nitrogens is 1. The van der Waals surface area contributed by atoms with E-state index in [2.05, 4.69) is 9.97 Å². The van der Waals surface area contributed by atoms with Crippen molar-refractivity contribution in [3.63, 3.8) is 0 Å². The predicted molar refractivity (Wildman–Crippen MR) is 87.1 cm³/mol. The van der Waals surface area contributed by atoms with Gasteiger partial charge in [0.1, 0.15) is 11.9 Å². The van der Waals surface area contributed by atoms with Gasteiger partial charge in [-0.3, -0.25) is 4.79 Å². The van der Waals surface area contributed by atoms with Gasteiger partial charge in [-0.05, 0) is 29.8 Å². The van der Waals surface area contributed by atoms with Crippen LogP contribution in [0.15, 0.2) is 48.5 Å². The van der Waals surface area contributed by atoms with Crippen LogP contribution in [0.3, 0.4) is 0 Å². The number of fused-ring (bicyclic) bond motifs is 1. The van der Waals surface area contributed by atoms with Crippen LogP contribution in [0.5, 0.6) is 0 Å². The van der Waals surface area contributed by atoms with Crippen molar-refractivity contribution in [1.29, 1.82) is 0 Å². The maximum Gasteiger partial charge on any atom is 0.289 e. The van der Waals surface area contributed by atoms with Crippen molar-refractivity contribution >= 4 is 16.9 Å². The van der Waals surface area contributed by atoms with Crippen LogP contribution in [0.4, 0.5) is 4.39 Å². The molecule has 0 unspecified atom stereocenters. The number of benzene rings is 2. The van der Waals surface area contributed by atoms with E-state index in [4.69, 9.17) is 4.74 Å². The summed E-state index contributed by atoms with van der Waals surface area (Å²) in [6, 6.07) is 13.7. The first-order valence-electron chi connectivity index (χ1n) is 7.82. The van der Waals surface area contributed by atoms with Crippen molar-refractivity contribution < 1.29 is 13.9 Å². The van der Waals surface area contributed by atoms with Crippen LogP contribution in [0, 0.1) is 5.82 Å². The molecule has 1 aromatic heterocycles. The van der Waals surface area contributed by atoms with Crippen molar-refractivity contribution in [2.24, 2.45) is 0 Å². The Balaban J connectivity index is 1.54. The number of nitrogens with one attached hydrogen (secondary N) is 1. The molecule has 122 valence electrons. The molecule has 1 aliphatic heterocycles. The molecule has 2 heterocycles. The number of hydrogen-bond donors (Lipinski definition) is 1. The van der Waals surface area contributed by atoms with Crippen molar-refractivity contribution in [2.75, 3.05) is 19.7 Å². The van der Waals surface area contributed by atoms with Crippen LogP contribution < -0.4 is 0 Å². The SMILES string of the molecule is O=C(c1nc2ccccc2[nH]1)N1CCO[C@H](c2ccc(F)cc2)C1. The zero-order valence-electron chi connectivity index (χ0n) is 12.9. The third-order valence-corrected chi connectivity index (χ3v) is 4.19. The van der Waals surface area contributed by atoms with Gasteiger partial charge in [-0.15, -0.1) is 0 Å². The quantitative estimate of drug-likeness (QED) is 0.788. The minimum Gasteiger partial charge on any atom is -0.370 e. The average Bonchev–Trinajstić information content (AvgIpc) is 3.06. The summed E-state index contributed by atoms with van der Waals surface area (Å²) in [7, 11) is 0.